The largest absolute Gasteiger partial charge is 0.484 e. The van der Waals surface area contributed by atoms with Crippen LogP contribution in [0.4, 0.5) is 0 Å². The number of aryl methyl sites for hydroxylation is 1. The summed E-state index contributed by atoms with van der Waals surface area (Å²) in [6.45, 7) is 8.31. The number of aliphatic hydroxyl groups is 1. The molecule has 0 aliphatic carbocycles. The van der Waals surface area contributed by atoms with Gasteiger partial charge in [0.1, 0.15) is 12.2 Å². The van der Waals surface area contributed by atoms with Crippen molar-refractivity contribution in [1.82, 2.24) is 24.9 Å². The van der Waals surface area contributed by atoms with E-state index in [0.29, 0.717) is 39.5 Å². The van der Waals surface area contributed by atoms with Gasteiger partial charge in [-0.15, -0.1) is 5.10 Å². The first-order valence-electron chi connectivity index (χ1n) is 11.9. The predicted molar refractivity (Wildman–Crippen MR) is 141 cm³/mol. The minimum Gasteiger partial charge on any atom is -0.484 e. The number of hydrogen-bond acceptors (Lipinski definition) is 6. The van der Waals surface area contributed by atoms with Crippen LogP contribution in [0.1, 0.15) is 37.6 Å². The average Bonchev–Trinajstić information content (AvgIpc) is 3.23. The van der Waals surface area contributed by atoms with Crippen LogP contribution >= 0.6 is 23.2 Å². The van der Waals surface area contributed by atoms with Crippen molar-refractivity contribution >= 4 is 34.1 Å². The van der Waals surface area contributed by atoms with Gasteiger partial charge in [0.15, 0.2) is 10.9 Å². The molecule has 1 fully saturated rings. The quantitative estimate of drug-likeness (QED) is 0.348. The molecule has 3 heterocycles. The molecular formula is C27H29Cl2N5O2. The van der Waals surface area contributed by atoms with Crippen LogP contribution in [-0.4, -0.2) is 48.6 Å². The van der Waals surface area contributed by atoms with Gasteiger partial charge in [0.25, 0.3) is 0 Å². The third kappa shape index (κ3) is 4.34. The van der Waals surface area contributed by atoms with Gasteiger partial charge < -0.3 is 9.84 Å². The minimum atomic E-state index is -1.32. The molecule has 1 N–H and O–H groups in total. The zero-order chi connectivity index (χ0) is 25.7. The number of fused-ring (bicyclic) bond motifs is 1. The number of halogens is 2. The molecule has 188 valence electrons. The lowest BCUT2D eigenvalue weighted by molar-refractivity contribution is -0.0967. The van der Waals surface area contributed by atoms with Crippen LogP contribution < -0.4 is 4.74 Å². The Balaban J connectivity index is 1.56. The lowest BCUT2D eigenvalue weighted by Gasteiger charge is -2.53. The number of hydrogen-bond donors (Lipinski definition) is 1. The molecule has 9 heteroatoms. The average molecular weight is 526 g/mol. The van der Waals surface area contributed by atoms with E-state index in [9.17, 15) is 5.11 Å². The Morgan fingerprint density at radius 2 is 1.81 bits per heavy atom. The highest BCUT2D eigenvalue weighted by atomic mass is 35.5. The van der Waals surface area contributed by atoms with Crippen molar-refractivity contribution in [1.29, 1.82) is 0 Å². The smallest absolute Gasteiger partial charge is 0.176 e. The van der Waals surface area contributed by atoms with Crippen LogP contribution in [0, 0.1) is 5.92 Å². The molecule has 4 aromatic rings. The summed E-state index contributed by atoms with van der Waals surface area (Å²) in [7, 11) is 1.79. The maximum Gasteiger partial charge on any atom is 0.176 e. The van der Waals surface area contributed by atoms with Crippen LogP contribution in [0.5, 0.6) is 5.75 Å². The molecule has 0 radical (unpaired) electrons. The summed E-state index contributed by atoms with van der Waals surface area (Å²) in [6.07, 6.45) is 1.63. The number of likely N-dealkylation sites (tertiary alicyclic amines) is 1. The molecule has 5 rings (SSSR count). The third-order valence-corrected chi connectivity index (χ3v) is 7.66. The van der Waals surface area contributed by atoms with E-state index in [-0.39, 0.29) is 16.6 Å². The van der Waals surface area contributed by atoms with E-state index in [1.165, 1.54) is 0 Å². The second kappa shape index (κ2) is 9.30. The van der Waals surface area contributed by atoms with E-state index in [4.69, 9.17) is 27.9 Å². The van der Waals surface area contributed by atoms with E-state index in [0.717, 1.165) is 18.7 Å². The van der Waals surface area contributed by atoms with Crippen LogP contribution in [0.3, 0.4) is 0 Å². The first-order chi connectivity index (χ1) is 17.1. The maximum absolute atomic E-state index is 12.3. The first-order valence-corrected chi connectivity index (χ1v) is 12.6. The van der Waals surface area contributed by atoms with E-state index in [1.807, 2.05) is 48.5 Å². The van der Waals surface area contributed by atoms with Gasteiger partial charge in [-0.05, 0) is 44.0 Å². The standard InChI is InChI=1S/C27H29Cl2N5O2/c1-26(2,3)34-14-19(15-34)27(35,22-13-30-32-33(22)4)18-10-11-21-20(12-18)23(28)24(25(29)31-21)36-16-17-8-6-5-7-9-17/h5-13,19,35H,14-16H2,1-4H3. The summed E-state index contributed by atoms with van der Waals surface area (Å²) < 4.78 is 7.62. The summed E-state index contributed by atoms with van der Waals surface area (Å²) >= 11 is 13.3. The number of nitrogens with zero attached hydrogens (tertiary/aromatic N) is 5. The van der Waals surface area contributed by atoms with Crippen molar-refractivity contribution in [2.75, 3.05) is 13.1 Å². The highest BCUT2D eigenvalue weighted by molar-refractivity contribution is 6.40. The van der Waals surface area contributed by atoms with Gasteiger partial charge in [-0.3, -0.25) is 4.90 Å². The van der Waals surface area contributed by atoms with E-state index in [1.54, 1.807) is 17.9 Å². The lowest BCUT2D eigenvalue weighted by atomic mass is 9.73. The van der Waals surface area contributed by atoms with Gasteiger partial charge in [-0.1, -0.05) is 64.8 Å². The molecule has 7 nitrogen and oxygen atoms in total. The maximum atomic E-state index is 12.3. The molecule has 1 unspecified atom stereocenters. The summed E-state index contributed by atoms with van der Waals surface area (Å²) in [6, 6.07) is 15.4. The Kier molecular flexibility index (Phi) is 6.45. The molecule has 1 aliphatic heterocycles. The van der Waals surface area contributed by atoms with Gasteiger partial charge in [0.2, 0.25) is 0 Å². The molecule has 36 heavy (non-hydrogen) atoms. The highest BCUT2D eigenvalue weighted by Crippen LogP contribution is 2.45. The molecule has 1 atom stereocenters. The number of pyridine rings is 1. The fraction of sp³-hybridized carbons (Fsp3) is 0.370. The topological polar surface area (TPSA) is 76.3 Å². The molecule has 1 saturated heterocycles. The fourth-order valence-electron chi connectivity index (χ4n) is 4.79. The highest BCUT2D eigenvalue weighted by Gasteiger charge is 2.50. The van der Waals surface area contributed by atoms with Gasteiger partial charge in [0.05, 0.1) is 22.4 Å². The van der Waals surface area contributed by atoms with E-state index >= 15 is 0 Å². The molecular weight excluding hydrogens is 497 g/mol. The lowest BCUT2D eigenvalue weighted by Crippen LogP contribution is -2.62. The number of ether oxygens (including phenoxy) is 1. The minimum absolute atomic E-state index is 0.0144. The molecule has 0 bridgehead atoms. The Bertz CT molecular complexity index is 1400. The van der Waals surface area contributed by atoms with Crippen molar-refractivity contribution < 1.29 is 9.84 Å². The van der Waals surface area contributed by atoms with Gasteiger partial charge in [0, 0.05) is 37.0 Å². The van der Waals surface area contributed by atoms with Crippen LogP contribution in [0.15, 0.2) is 54.7 Å². The molecule has 0 spiro atoms. The van der Waals surface area contributed by atoms with Crippen LogP contribution in [0.25, 0.3) is 10.9 Å². The molecule has 0 saturated carbocycles. The Hall–Kier alpha value is -2.71. The van der Waals surface area contributed by atoms with E-state index < -0.39 is 5.60 Å². The van der Waals surface area contributed by atoms with Gasteiger partial charge >= 0.3 is 0 Å². The second-order valence-corrected chi connectivity index (χ2v) is 11.1. The number of benzene rings is 2. The fourth-order valence-corrected chi connectivity index (χ4v) is 5.37. The van der Waals surface area contributed by atoms with Gasteiger partial charge in [-0.25, -0.2) is 9.67 Å². The van der Waals surface area contributed by atoms with E-state index in [2.05, 4.69) is 41.0 Å². The summed E-state index contributed by atoms with van der Waals surface area (Å²) in [5.74, 6) is 0.263. The van der Waals surface area contributed by atoms with Crippen LogP contribution in [-0.2, 0) is 19.3 Å². The molecule has 2 aromatic carbocycles. The predicted octanol–water partition coefficient (Wildman–Crippen LogP) is 5.22. The number of aromatic nitrogens is 4. The monoisotopic (exact) mass is 525 g/mol. The molecule has 2 aromatic heterocycles. The zero-order valence-electron chi connectivity index (χ0n) is 20.7. The summed E-state index contributed by atoms with van der Waals surface area (Å²) in [5.41, 5.74) is 1.63. The Morgan fingerprint density at radius 3 is 2.44 bits per heavy atom. The van der Waals surface area contributed by atoms with Crippen LogP contribution in [0.2, 0.25) is 10.2 Å². The third-order valence-electron chi connectivity index (χ3n) is 7.03. The number of rotatable bonds is 6. The van der Waals surface area contributed by atoms with Crippen molar-refractivity contribution in [3.05, 3.63) is 81.7 Å². The zero-order valence-corrected chi connectivity index (χ0v) is 22.3. The van der Waals surface area contributed by atoms with Crippen molar-refractivity contribution in [2.24, 2.45) is 13.0 Å². The SMILES string of the molecule is Cn1nncc1C(O)(c1ccc2nc(Cl)c(OCc3ccccc3)c(Cl)c2c1)C1CN(C(C)(C)C)C1. The Labute approximate surface area is 220 Å². The Morgan fingerprint density at radius 1 is 1.08 bits per heavy atom. The van der Waals surface area contributed by atoms with Crippen molar-refractivity contribution in [2.45, 2.75) is 38.5 Å². The first kappa shape index (κ1) is 25.0. The molecule has 0 amide bonds. The van der Waals surface area contributed by atoms with Crippen molar-refractivity contribution in [3.8, 4) is 5.75 Å². The second-order valence-electron chi connectivity index (χ2n) is 10.3. The van der Waals surface area contributed by atoms with Gasteiger partial charge in [-0.2, -0.15) is 0 Å². The normalized spacial score (nSPS) is 16.6. The summed E-state index contributed by atoms with van der Waals surface area (Å²) in [4.78, 5) is 6.86. The van der Waals surface area contributed by atoms with Crippen molar-refractivity contribution in [3.63, 3.8) is 0 Å². The molecule has 1 aliphatic rings. The summed E-state index contributed by atoms with van der Waals surface area (Å²) in [5, 5.41) is 21.7.